The Kier molecular flexibility index (Phi) is 3.34. The van der Waals surface area contributed by atoms with Gasteiger partial charge in [-0.25, -0.2) is 0 Å². The third kappa shape index (κ3) is 3.04. The fourth-order valence-corrected chi connectivity index (χ4v) is 1.48. The van der Waals surface area contributed by atoms with Gasteiger partial charge in [0, 0.05) is 36.8 Å². The van der Waals surface area contributed by atoms with Crippen LogP contribution in [0, 0.1) is 10.1 Å². The van der Waals surface area contributed by atoms with Crippen molar-refractivity contribution in [2.24, 2.45) is 0 Å². The molecule has 0 aliphatic carbocycles. The Morgan fingerprint density at radius 2 is 2.29 bits per heavy atom. The Morgan fingerprint density at radius 3 is 3.00 bits per heavy atom. The minimum atomic E-state index is -0.404. The number of benzene rings is 1. The van der Waals surface area contributed by atoms with Crippen molar-refractivity contribution in [3.63, 3.8) is 0 Å². The van der Waals surface area contributed by atoms with E-state index >= 15 is 0 Å². The summed E-state index contributed by atoms with van der Waals surface area (Å²) < 4.78 is 1.80. The number of rotatable bonds is 5. The van der Waals surface area contributed by atoms with Gasteiger partial charge in [-0.3, -0.25) is 14.8 Å². The smallest absolute Gasteiger partial charge is 0.271 e. The second-order valence-electron chi connectivity index (χ2n) is 3.50. The van der Waals surface area contributed by atoms with Gasteiger partial charge in [0.05, 0.1) is 11.5 Å². The minimum Gasteiger partial charge on any atom is -0.383 e. The van der Waals surface area contributed by atoms with E-state index in [4.69, 9.17) is 0 Å². The highest BCUT2D eigenvalue weighted by Crippen LogP contribution is 2.16. The zero-order valence-electron chi connectivity index (χ0n) is 9.11. The Bertz CT molecular complexity index is 496. The summed E-state index contributed by atoms with van der Waals surface area (Å²) in [4.78, 5) is 10.2. The largest absolute Gasteiger partial charge is 0.383 e. The number of hydrogen-bond donors (Lipinski definition) is 1. The van der Waals surface area contributed by atoms with E-state index in [1.165, 1.54) is 12.1 Å². The fraction of sp³-hybridized carbons (Fsp3) is 0.182. The lowest BCUT2D eigenvalue weighted by molar-refractivity contribution is -0.384. The maximum absolute atomic E-state index is 10.6. The second kappa shape index (κ2) is 5.11. The predicted octanol–water partition coefficient (Wildman–Crippen LogP) is 1.90. The molecule has 0 unspecified atom stereocenters. The van der Waals surface area contributed by atoms with Crippen molar-refractivity contribution < 1.29 is 4.92 Å². The molecule has 17 heavy (non-hydrogen) atoms. The number of aromatic nitrogens is 2. The molecule has 0 saturated carbocycles. The van der Waals surface area contributed by atoms with Crippen LogP contribution in [-0.2, 0) is 6.54 Å². The lowest BCUT2D eigenvalue weighted by Gasteiger charge is -2.06. The van der Waals surface area contributed by atoms with E-state index in [-0.39, 0.29) is 5.69 Å². The summed E-state index contributed by atoms with van der Waals surface area (Å²) in [6, 6.07) is 8.31. The van der Waals surface area contributed by atoms with Crippen molar-refractivity contribution in [1.29, 1.82) is 0 Å². The first-order chi connectivity index (χ1) is 8.25. The monoisotopic (exact) mass is 232 g/mol. The molecule has 1 aromatic carbocycles. The number of nitro benzene ring substituents is 1. The summed E-state index contributed by atoms with van der Waals surface area (Å²) in [5, 5.41) is 17.8. The molecule has 2 aromatic rings. The van der Waals surface area contributed by atoms with Crippen LogP contribution in [0.5, 0.6) is 0 Å². The fourth-order valence-electron chi connectivity index (χ4n) is 1.48. The van der Waals surface area contributed by atoms with Gasteiger partial charge in [0.2, 0.25) is 0 Å². The van der Waals surface area contributed by atoms with Crippen LogP contribution in [0.15, 0.2) is 42.7 Å². The minimum absolute atomic E-state index is 0.0917. The summed E-state index contributed by atoms with van der Waals surface area (Å²) in [5.74, 6) is 0. The van der Waals surface area contributed by atoms with Crippen LogP contribution in [0.3, 0.4) is 0 Å². The van der Waals surface area contributed by atoms with Crippen molar-refractivity contribution in [1.82, 2.24) is 9.78 Å². The average molecular weight is 232 g/mol. The number of hydrogen-bond acceptors (Lipinski definition) is 4. The van der Waals surface area contributed by atoms with Gasteiger partial charge in [0.15, 0.2) is 0 Å². The highest BCUT2D eigenvalue weighted by atomic mass is 16.6. The molecule has 0 aliphatic rings. The molecule has 0 spiro atoms. The zero-order valence-corrected chi connectivity index (χ0v) is 9.11. The van der Waals surface area contributed by atoms with Crippen LogP contribution in [0.25, 0.3) is 0 Å². The molecule has 0 amide bonds. The van der Waals surface area contributed by atoms with E-state index in [1.807, 2.05) is 12.3 Å². The molecular weight excluding hydrogens is 220 g/mol. The average Bonchev–Trinajstić information content (AvgIpc) is 2.82. The van der Waals surface area contributed by atoms with Gasteiger partial charge >= 0.3 is 0 Å². The Labute approximate surface area is 98.0 Å². The van der Waals surface area contributed by atoms with Crippen molar-refractivity contribution >= 4 is 11.4 Å². The van der Waals surface area contributed by atoms with Crippen LogP contribution in [0.1, 0.15) is 0 Å². The molecule has 88 valence electrons. The molecule has 0 atom stereocenters. The van der Waals surface area contributed by atoms with Gasteiger partial charge < -0.3 is 5.32 Å². The molecule has 0 aliphatic heterocycles. The normalized spacial score (nSPS) is 10.1. The third-order valence-electron chi connectivity index (χ3n) is 2.29. The summed E-state index contributed by atoms with van der Waals surface area (Å²) in [7, 11) is 0. The first-order valence-electron chi connectivity index (χ1n) is 5.21. The van der Waals surface area contributed by atoms with E-state index in [0.717, 1.165) is 12.2 Å². The number of nitrogens with zero attached hydrogens (tertiary/aromatic N) is 3. The maximum Gasteiger partial charge on any atom is 0.271 e. The molecule has 6 heteroatoms. The lowest BCUT2D eigenvalue weighted by atomic mass is 10.3. The molecule has 0 fully saturated rings. The van der Waals surface area contributed by atoms with Crippen LogP contribution < -0.4 is 5.32 Å². The zero-order chi connectivity index (χ0) is 12.1. The number of non-ortho nitro benzene ring substituents is 1. The third-order valence-corrected chi connectivity index (χ3v) is 2.29. The highest BCUT2D eigenvalue weighted by molar-refractivity contribution is 5.50. The van der Waals surface area contributed by atoms with E-state index in [2.05, 4.69) is 10.4 Å². The van der Waals surface area contributed by atoms with Crippen molar-refractivity contribution in [2.75, 3.05) is 11.9 Å². The van der Waals surface area contributed by atoms with Gasteiger partial charge in [-0.15, -0.1) is 0 Å². The number of nitro groups is 1. The van der Waals surface area contributed by atoms with Gasteiger partial charge in [-0.1, -0.05) is 6.07 Å². The maximum atomic E-state index is 10.6. The van der Waals surface area contributed by atoms with Gasteiger partial charge in [-0.05, 0) is 12.1 Å². The molecule has 1 heterocycles. The van der Waals surface area contributed by atoms with E-state index in [0.29, 0.717) is 6.54 Å². The van der Waals surface area contributed by atoms with E-state index < -0.39 is 4.92 Å². The molecule has 1 N–H and O–H groups in total. The van der Waals surface area contributed by atoms with Crippen molar-refractivity contribution in [3.05, 3.63) is 52.8 Å². The highest BCUT2D eigenvalue weighted by Gasteiger charge is 2.04. The van der Waals surface area contributed by atoms with Gasteiger partial charge in [-0.2, -0.15) is 5.10 Å². The predicted molar refractivity (Wildman–Crippen MR) is 63.8 cm³/mol. The van der Waals surface area contributed by atoms with Gasteiger partial charge in [0.25, 0.3) is 5.69 Å². The Morgan fingerprint density at radius 1 is 1.41 bits per heavy atom. The molecule has 0 bridgehead atoms. The van der Waals surface area contributed by atoms with Gasteiger partial charge in [0.1, 0.15) is 0 Å². The first kappa shape index (κ1) is 11.1. The Hall–Kier alpha value is -2.37. The molecule has 2 rings (SSSR count). The standard InChI is InChI=1S/C11H12N4O2/c16-15(17)11-4-1-3-10(9-11)12-6-8-14-7-2-5-13-14/h1-5,7,9,12H,6,8H2. The summed E-state index contributed by atoms with van der Waals surface area (Å²) in [6.07, 6.45) is 3.59. The lowest BCUT2D eigenvalue weighted by Crippen LogP contribution is -2.10. The molecule has 0 saturated heterocycles. The summed E-state index contributed by atoms with van der Waals surface area (Å²) in [6.45, 7) is 1.39. The summed E-state index contributed by atoms with van der Waals surface area (Å²) >= 11 is 0. The molecular formula is C11H12N4O2. The van der Waals surface area contributed by atoms with Crippen LogP contribution in [0.4, 0.5) is 11.4 Å². The second-order valence-corrected chi connectivity index (χ2v) is 3.50. The van der Waals surface area contributed by atoms with Crippen molar-refractivity contribution in [2.45, 2.75) is 6.54 Å². The van der Waals surface area contributed by atoms with Crippen LogP contribution >= 0.6 is 0 Å². The topological polar surface area (TPSA) is 73.0 Å². The van der Waals surface area contributed by atoms with Crippen LogP contribution in [0.2, 0.25) is 0 Å². The molecule has 6 nitrogen and oxygen atoms in total. The quantitative estimate of drug-likeness (QED) is 0.631. The SMILES string of the molecule is O=[N+]([O-])c1cccc(NCCn2cccn2)c1. The Balaban J connectivity index is 1.90. The summed E-state index contributed by atoms with van der Waals surface area (Å²) in [5.41, 5.74) is 0.834. The molecule has 0 radical (unpaired) electrons. The van der Waals surface area contributed by atoms with Crippen LogP contribution in [-0.4, -0.2) is 21.2 Å². The molecule has 1 aromatic heterocycles. The number of nitrogens with one attached hydrogen (secondary N) is 1. The van der Waals surface area contributed by atoms with Crippen molar-refractivity contribution in [3.8, 4) is 0 Å². The van der Waals surface area contributed by atoms with E-state index in [9.17, 15) is 10.1 Å². The first-order valence-corrected chi connectivity index (χ1v) is 5.21. The van der Waals surface area contributed by atoms with E-state index in [1.54, 1.807) is 23.0 Å². The number of anilines is 1.